The maximum atomic E-state index is 13.2. The third-order valence-corrected chi connectivity index (χ3v) is 5.91. The molecule has 1 saturated heterocycles. The number of amides is 3. The molecule has 3 N–H and O–H groups in total. The van der Waals surface area contributed by atoms with Gasteiger partial charge in [-0.05, 0) is 43.1 Å². The van der Waals surface area contributed by atoms with E-state index in [1.54, 1.807) is 0 Å². The van der Waals surface area contributed by atoms with Crippen molar-refractivity contribution in [2.75, 3.05) is 20.3 Å². The molecule has 1 heterocycles. The Hall–Kier alpha value is -3.18. The van der Waals surface area contributed by atoms with Crippen LogP contribution in [0.1, 0.15) is 45.1 Å². The molecule has 11 nitrogen and oxygen atoms in total. The highest BCUT2D eigenvalue weighted by molar-refractivity contribution is 5.95. The fourth-order valence-corrected chi connectivity index (χ4v) is 3.78. The number of carbonyl (C=O) groups is 4. The van der Waals surface area contributed by atoms with E-state index in [0.29, 0.717) is 18.9 Å². The lowest BCUT2D eigenvalue weighted by Gasteiger charge is -2.24. The first-order valence-electron chi connectivity index (χ1n) is 12.3. The summed E-state index contributed by atoms with van der Waals surface area (Å²) < 4.78 is 15.6. The summed E-state index contributed by atoms with van der Waals surface area (Å²) in [5.74, 6) is -0.542. The minimum absolute atomic E-state index is 0.0632. The number of rotatable bonds is 14. The minimum Gasteiger partial charge on any atom is -0.445 e. The highest BCUT2D eigenvalue weighted by atomic mass is 16.6. The van der Waals surface area contributed by atoms with Gasteiger partial charge in [0, 0.05) is 20.3 Å². The van der Waals surface area contributed by atoms with Crippen molar-refractivity contribution >= 4 is 23.9 Å². The quantitative estimate of drug-likeness (QED) is 0.351. The Morgan fingerprint density at radius 2 is 1.86 bits per heavy atom. The summed E-state index contributed by atoms with van der Waals surface area (Å²) in [7, 11) is 1.49. The fraction of sp³-hybridized carbons (Fsp3) is 0.600. The molecule has 2 aliphatic rings. The van der Waals surface area contributed by atoms with E-state index in [9.17, 15) is 19.2 Å². The summed E-state index contributed by atoms with van der Waals surface area (Å²) >= 11 is 0. The van der Waals surface area contributed by atoms with Crippen LogP contribution >= 0.6 is 0 Å². The average Bonchev–Trinajstić information content (AvgIpc) is 3.60. The van der Waals surface area contributed by atoms with Crippen LogP contribution in [0.15, 0.2) is 30.3 Å². The lowest BCUT2D eigenvalue weighted by Crippen LogP contribution is -2.55. The van der Waals surface area contributed by atoms with Crippen molar-refractivity contribution < 1.29 is 33.4 Å². The monoisotopic (exact) mass is 504 g/mol. The number of methoxy groups -OCH3 is 1. The van der Waals surface area contributed by atoms with Crippen LogP contribution in [0.3, 0.4) is 0 Å². The molecular formula is C25H36N4O7. The first-order valence-corrected chi connectivity index (χ1v) is 12.3. The van der Waals surface area contributed by atoms with Gasteiger partial charge in [0.1, 0.15) is 12.6 Å². The minimum atomic E-state index is -1.20. The second-order valence-electron chi connectivity index (χ2n) is 9.58. The van der Waals surface area contributed by atoms with Gasteiger partial charge in [-0.15, -0.1) is 0 Å². The maximum absolute atomic E-state index is 13.2. The molecule has 0 aromatic heterocycles. The highest BCUT2D eigenvalue weighted by Gasteiger charge is 2.41. The smallest absolute Gasteiger partial charge is 0.426 e. The summed E-state index contributed by atoms with van der Waals surface area (Å²) in [5.41, 5.74) is 3.61. The molecule has 0 radical (unpaired) electrons. The van der Waals surface area contributed by atoms with Crippen molar-refractivity contribution in [3.05, 3.63) is 35.9 Å². The van der Waals surface area contributed by atoms with Gasteiger partial charge in [0.25, 0.3) is 0 Å². The Morgan fingerprint density at radius 3 is 2.50 bits per heavy atom. The standard InChI is InChI=1S/C25H36N4O7/c1-16(2)13-20(27-24(32)35-15-18-7-5-4-6-8-18)22(31)26-19(11-12-34-3)21(30)23-28-29(25(33)36-23)14-17-9-10-17/h4-8,16-17,19-20,23,28H,9-15H2,1-3H3,(H,26,31)(H,27,32)/t19-,20-,23?/m0/s1. The van der Waals surface area contributed by atoms with Crippen LogP contribution < -0.4 is 16.1 Å². The molecule has 0 spiro atoms. The Balaban J connectivity index is 1.60. The van der Waals surface area contributed by atoms with Crippen LogP contribution in [-0.2, 0) is 30.4 Å². The van der Waals surface area contributed by atoms with Crippen LogP contribution in [0, 0.1) is 11.8 Å². The number of cyclic esters (lactones) is 1. The van der Waals surface area contributed by atoms with Crippen LogP contribution in [0.25, 0.3) is 0 Å². The number of hydrogen-bond donors (Lipinski definition) is 3. The van der Waals surface area contributed by atoms with E-state index in [0.717, 1.165) is 18.4 Å². The Kier molecular flexibility index (Phi) is 10.1. The van der Waals surface area contributed by atoms with E-state index in [1.807, 2.05) is 44.2 Å². The number of nitrogens with one attached hydrogen (secondary N) is 3. The molecule has 1 aliphatic carbocycles. The normalized spacial score (nSPS) is 18.9. The second kappa shape index (κ2) is 13.2. The van der Waals surface area contributed by atoms with Gasteiger partial charge < -0.3 is 24.8 Å². The number of hydrogen-bond acceptors (Lipinski definition) is 8. The van der Waals surface area contributed by atoms with Crippen molar-refractivity contribution in [3.63, 3.8) is 0 Å². The number of Topliss-reactive ketones (excluding diaryl/α,β-unsaturated/α-hetero) is 1. The van der Waals surface area contributed by atoms with Crippen LogP contribution in [0.5, 0.6) is 0 Å². The lowest BCUT2D eigenvalue weighted by atomic mass is 10.0. The average molecular weight is 505 g/mol. The number of ketones is 1. The van der Waals surface area contributed by atoms with Gasteiger partial charge in [-0.3, -0.25) is 9.59 Å². The van der Waals surface area contributed by atoms with Gasteiger partial charge in [0.15, 0.2) is 0 Å². The molecule has 36 heavy (non-hydrogen) atoms. The zero-order valence-electron chi connectivity index (χ0n) is 21.0. The van der Waals surface area contributed by atoms with E-state index < -0.39 is 42.2 Å². The van der Waals surface area contributed by atoms with E-state index in [2.05, 4.69) is 16.1 Å². The van der Waals surface area contributed by atoms with Crippen LogP contribution in [0.2, 0.25) is 0 Å². The van der Waals surface area contributed by atoms with Gasteiger partial charge in [-0.1, -0.05) is 44.2 Å². The van der Waals surface area contributed by atoms with Gasteiger partial charge in [-0.2, -0.15) is 5.43 Å². The van der Waals surface area contributed by atoms with E-state index >= 15 is 0 Å². The summed E-state index contributed by atoms with van der Waals surface area (Å²) in [6.07, 6.45) is 0.0311. The molecule has 3 amide bonds. The molecule has 3 rings (SSSR count). The molecule has 11 heteroatoms. The highest BCUT2D eigenvalue weighted by Crippen LogP contribution is 2.30. The first kappa shape index (κ1) is 27.4. The number of alkyl carbamates (subject to hydrolysis) is 1. The Labute approximate surface area is 211 Å². The predicted octanol–water partition coefficient (Wildman–Crippen LogP) is 2.11. The van der Waals surface area contributed by atoms with Crippen molar-refractivity contribution in [2.24, 2.45) is 11.8 Å². The van der Waals surface area contributed by atoms with Gasteiger partial charge in [0.2, 0.25) is 17.9 Å². The van der Waals surface area contributed by atoms with E-state index in [1.165, 1.54) is 12.1 Å². The molecular weight excluding hydrogens is 468 g/mol. The fourth-order valence-electron chi connectivity index (χ4n) is 3.78. The number of ether oxygens (including phenoxy) is 3. The zero-order chi connectivity index (χ0) is 26.1. The summed E-state index contributed by atoms with van der Waals surface area (Å²) in [4.78, 5) is 50.9. The first-order chi connectivity index (χ1) is 17.3. The summed E-state index contributed by atoms with van der Waals surface area (Å²) in [5, 5.41) is 6.62. The number of carbonyl (C=O) groups excluding carboxylic acids is 4. The Bertz CT molecular complexity index is 907. The van der Waals surface area contributed by atoms with Crippen molar-refractivity contribution in [2.45, 2.75) is 64.4 Å². The molecule has 0 bridgehead atoms. The van der Waals surface area contributed by atoms with Crippen molar-refractivity contribution in [1.82, 2.24) is 21.1 Å². The van der Waals surface area contributed by atoms with Gasteiger partial charge in [0.05, 0.1) is 6.04 Å². The predicted molar refractivity (Wildman–Crippen MR) is 129 cm³/mol. The number of hydrazine groups is 1. The zero-order valence-corrected chi connectivity index (χ0v) is 21.0. The Morgan fingerprint density at radius 1 is 1.14 bits per heavy atom. The molecule has 1 aliphatic heterocycles. The summed E-state index contributed by atoms with van der Waals surface area (Å²) in [6, 6.07) is 7.28. The number of benzene rings is 1. The largest absolute Gasteiger partial charge is 0.445 e. The van der Waals surface area contributed by atoms with Gasteiger partial charge in [-0.25, -0.2) is 14.6 Å². The molecule has 1 unspecified atom stereocenters. The SMILES string of the molecule is COCC[C@H](NC(=O)[C@H](CC(C)C)NC(=O)OCc1ccccc1)C(=O)C1NN(CC2CC2)C(=O)O1. The second-order valence-corrected chi connectivity index (χ2v) is 9.58. The van der Waals surface area contributed by atoms with Gasteiger partial charge >= 0.3 is 12.2 Å². The topological polar surface area (TPSA) is 135 Å². The molecule has 198 valence electrons. The van der Waals surface area contributed by atoms with Crippen LogP contribution in [-0.4, -0.2) is 67.5 Å². The molecule has 1 aromatic carbocycles. The molecule has 2 fully saturated rings. The van der Waals surface area contributed by atoms with Crippen molar-refractivity contribution in [1.29, 1.82) is 0 Å². The van der Waals surface area contributed by atoms with Crippen molar-refractivity contribution in [3.8, 4) is 0 Å². The third kappa shape index (κ3) is 8.49. The third-order valence-electron chi connectivity index (χ3n) is 5.91. The number of nitrogens with zero attached hydrogens (tertiary/aromatic N) is 1. The maximum Gasteiger partial charge on any atom is 0.426 e. The molecule has 1 saturated carbocycles. The lowest BCUT2D eigenvalue weighted by molar-refractivity contribution is -0.134. The molecule has 1 aromatic rings. The van der Waals surface area contributed by atoms with E-state index in [4.69, 9.17) is 14.2 Å². The summed E-state index contributed by atoms with van der Waals surface area (Å²) in [6.45, 7) is 4.57. The molecule has 3 atom stereocenters. The van der Waals surface area contributed by atoms with E-state index in [-0.39, 0.29) is 25.6 Å². The van der Waals surface area contributed by atoms with Crippen LogP contribution in [0.4, 0.5) is 9.59 Å².